The first kappa shape index (κ1) is 23.1. The number of benzene rings is 2. The Kier molecular flexibility index (Phi) is 9.05. The molecule has 0 bridgehead atoms. The molecule has 8 heteroatoms. The number of halogens is 2. The Bertz CT molecular complexity index is 855. The fourth-order valence-corrected chi connectivity index (χ4v) is 2.80. The molecule has 2 aromatic rings. The van der Waals surface area contributed by atoms with Gasteiger partial charge in [-0.1, -0.05) is 36.8 Å². The summed E-state index contributed by atoms with van der Waals surface area (Å²) < 4.78 is 29.8. The van der Waals surface area contributed by atoms with Crippen LogP contribution < -0.4 is 20.7 Å². The molecular weight excluding hydrogens is 390 g/mol. The summed E-state index contributed by atoms with van der Waals surface area (Å²) in [5, 5.41) is 9.13. The minimum absolute atomic E-state index is 0.000632. The van der Waals surface area contributed by atoms with Crippen LogP contribution in [0.5, 0.6) is 5.75 Å². The zero-order chi connectivity index (χ0) is 21.9. The van der Waals surface area contributed by atoms with E-state index in [9.17, 15) is 13.6 Å². The van der Waals surface area contributed by atoms with Gasteiger partial charge in [0.1, 0.15) is 5.75 Å². The van der Waals surface area contributed by atoms with Crippen molar-refractivity contribution >= 4 is 17.6 Å². The number of ether oxygens (including phenoxy) is 1. The van der Waals surface area contributed by atoms with Crippen molar-refractivity contribution in [1.29, 1.82) is 0 Å². The van der Waals surface area contributed by atoms with Gasteiger partial charge in [-0.2, -0.15) is 8.78 Å². The second kappa shape index (κ2) is 11.7. The minimum atomic E-state index is -2.88. The van der Waals surface area contributed by atoms with Crippen LogP contribution in [0.4, 0.5) is 14.5 Å². The summed E-state index contributed by atoms with van der Waals surface area (Å²) in [7, 11) is 1.63. The largest absolute Gasteiger partial charge is 0.434 e. The molecule has 0 heterocycles. The van der Waals surface area contributed by atoms with Crippen molar-refractivity contribution in [1.82, 2.24) is 10.6 Å². The molecule has 0 aliphatic heterocycles. The van der Waals surface area contributed by atoms with Crippen molar-refractivity contribution in [2.45, 2.75) is 46.4 Å². The van der Waals surface area contributed by atoms with E-state index in [0.717, 1.165) is 23.2 Å². The molecule has 0 saturated heterocycles. The number of aliphatic imine (C=N–C) groups is 1. The Morgan fingerprint density at radius 1 is 1.10 bits per heavy atom. The van der Waals surface area contributed by atoms with Gasteiger partial charge in [-0.05, 0) is 37.1 Å². The summed E-state index contributed by atoms with van der Waals surface area (Å²) in [4.78, 5) is 15.8. The van der Waals surface area contributed by atoms with Crippen LogP contribution in [0.1, 0.15) is 36.5 Å². The Morgan fingerprint density at radius 2 is 1.80 bits per heavy atom. The summed E-state index contributed by atoms with van der Waals surface area (Å²) in [6, 6.07) is 12.6. The third kappa shape index (κ3) is 7.69. The second-order valence-electron chi connectivity index (χ2n) is 6.76. The first-order valence-electron chi connectivity index (χ1n) is 9.79. The summed E-state index contributed by atoms with van der Waals surface area (Å²) in [6.07, 6.45) is 1.30. The third-order valence-electron chi connectivity index (χ3n) is 4.28. The minimum Gasteiger partial charge on any atom is -0.434 e. The van der Waals surface area contributed by atoms with Crippen LogP contribution in [0.15, 0.2) is 47.5 Å². The summed E-state index contributed by atoms with van der Waals surface area (Å²) >= 11 is 0. The number of carbonyl (C=O) groups excluding carboxylic acids is 1. The van der Waals surface area contributed by atoms with Crippen LogP contribution in [0, 0.1) is 6.92 Å². The Morgan fingerprint density at radius 3 is 2.43 bits per heavy atom. The monoisotopic (exact) mass is 418 g/mol. The summed E-state index contributed by atoms with van der Waals surface area (Å²) in [5.41, 5.74) is 3.32. The normalized spacial score (nSPS) is 11.3. The van der Waals surface area contributed by atoms with E-state index in [2.05, 4.69) is 25.7 Å². The molecule has 2 rings (SSSR count). The molecule has 0 spiro atoms. The molecule has 0 fully saturated rings. The topological polar surface area (TPSA) is 74.8 Å². The molecule has 0 unspecified atom stereocenters. The first-order valence-corrected chi connectivity index (χ1v) is 9.79. The molecule has 0 aliphatic carbocycles. The lowest BCUT2D eigenvalue weighted by Crippen LogP contribution is -2.36. The molecular formula is C22H28F2N4O2. The number of guanidine groups is 1. The number of carbonyl (C=O) groups is 1. The van der Waals surface area contributed by atoms with E-state index in [1.165, 1.54) is 6.07 Å². The molecule has 0 radical (unpaired) electrons. The quantitative estimate of drug-likeness (QED) is 0.421. The highest BCUT2D eigenvalue weighted by atomic mass is 19.3. The van der Waals surface area contributed by atoms with Crippen LogP contribution >= 0.6 is 0 Å². The molecule has 2 aromatic carbocycles. The molecule has 1 amide bonds. The van der Waals surface area contributed by atoms with Crippen LogP contribution in [0.2, 0.25) is 0 Å². The smallest absolute Gasteiger partial charge is 0.387 e. The number of nitrogens with one attached hydrogen (secondary N) is 3. The number of amides is 1. The predicted molar refractivity (Wildman–Crippen MR) is 115 cm³/mol. The standard InChI is InChI=1S/C22H28F2N4O2/c1-4-5-20(29)28-18-9-7-16(8-10-18)13-26-22(25-3)27-14-17-12-15(2)6-11-19(17)30-21(23)24/h6-12,21H,4-5,13-14H2,1-3H3,(H,28,29)(H2,25,26,27). The lowest BCUT2D eigenvalue weighted by Gasteiger charge is -2.15. The van der Waals surface area contributed by atoms with Gasteiger partial charge in [0.2, 0.25) is 5.91 Å². The second-order valence-corrected chi connectivity index (χ2v) is 6.76. The molecule has 0 aromatic heterocycles. The van der Waals surface area contributed by atoms with E-state index in [0.29, 0.717) is 24.5 Å². The molecule has 162 valence electrons. The number of aryl methyl sites for hydroxylation is 1. The van der Waals surface area contributed by atoms with Crippen LogP contribution in [-0.4, -0.2) is 25.5 Å². The number of hydrogen-bond donors (Lipinski definition) is 3. The van der Waals surface area contributed by atoms with E-state index in [1.54, 1.807) is 19.2 Å². The fourth-order valence-electron chi connectivity index (χ4n) is 2.80. The van der Waals surface area contributed by atoms with Crippen molar-refractivity contribution in [3.63, 3.8) is 0 Å². The molecule has 0 aliphatic rings. The lowest BCUT2D eigenvalue weighted by atomic mass is 10.1. The molecule has 30 heavy (non-hydrogen) atoms. The molecule has 3 N–H and O–H groups in total. The summed E-state index contributed by atoms with van der Waals surface area (Å²) in [5.74, 6) is 0.665. The summed E-state index contributed by atoms with van der Waals surface area (Å²) in [6.45, 7) is 1.76. The maximum Gasteiger partial charge on any atom is 0.387 e. The number of anilines is 1. The number of rotatable bonds is 9. The van der Waals surface area contributed by atoms with Gasteiger partial charge in [0.25, 0.3) is 0 Å². The maximum absolute atomic E-state index is 12.6. The zero-order valence-corrected chi connectivity index (χ0v) is 17.5. The van der Waals surface area contributed by atoms with E-state index < -0.39 is 6.61 Å². The van der Waals surface area contributed by atoms with Gasteiger partial charge in [0, 0.05) is 37.8 Å². The highest BCUT2D eigenvalue weighted by Gasteiger charge is 2.10. The van der Waals surface area contributed by atoms with Crippen molar-refractivity contribution in [3.05, 3.63) is 59.2 Å². The average molecular weight is 418 g/mol. The van der Waals surface area contributed by atoms with E-state index in [4.69, 9.17) is 0 Å². The molecule has 0 atom stereocenters. The fraction of sp³-hybridized carbons (Fsp3) is 0.364. The number of hydrogen-bond acceptors (Lipinski definition) is 3. The van der Waals surface area contributed by atoms with E-state index in [1.807, 2.05) is 38.1 Å². The lowest BCUT2D eigenvalue weighted by molar-refractivity contribution is -0.116. The van der Waals surface area contributed by atoms with Gasteiger partial charge >= 0.3 is 6.61 Å². The molecule has 6 nitrogen and oxygen atoms in total. The Hall–Kier alpha value is -3.16. The highest BCUT2D eigenvalue weighted by Crippen LogP contribution is 2.22. The van der Waals surface area contributed by atoms with Crippen LogP contribution in [0.25, 0.3) is 0 Å². The van der Waals surface area contributed by atoms with Crippen LogP contribution in [0.3, 0.4) is 0 Å². The number of alkyl halides is 2. The van der Waals surface area contributed by atoms with Gasteiger partial charge in [-0.15, -0.1) is 0 Å². The first-order chi connectivity index (χ1) is 14.4. The van der Waals surface area contributed by atoms with Crippen molar-refractivity contribution < 1.29 is 18.3 Å². The predicted octanol–water partition coefficient (Wildman–Crippen LogP) is 4.20. The number of nitrogens with zero attached hydrogens (tertiary/aromatic N) is 1. The molecule has 0 saturated carbocycles. The highest BCUT2D eigenvalue weighted by molar-refractivity contribution is 5.90. The van der Waals surface area contributed by atoms with Crippen LogP contribution in [-0.2, 0) is 17.9 Å². The van der Waals surface area contributed by atoms with Gasteiger partial charge in [0.05, 0.1) is 0 Å². The van der Waals surface area contributed by atoms with E-state index in [-0.39, 0.29) is 18.2 Å². The maximum atomic E-state index is 12.6. The Balaban J connectivity index is 1.90. The van der Waals surface area contributed by atoms with Crippen molar-refractivity contribution in [2.24, 2.45) is 4.99 Å². The van der Waals surface area contributed by atoms with Gasteiger partial charge in [0.15, 0.2) is 5.96 Å². The van der Waals surface area contributed by atoms with E-state index >= 15 is 0 Å². The Labute approximate surface area is 175 Å². The van der Waals surface area contributed by atoms with Crippen molar-refractivity contribution in [3.8, 4) is 5.75 Å². The zero-order valence-electron chi connectivity index (χ0n) is 17.5. The van der Waals surface area contributed by atoms with Gasteiger partial charge in [-0.3, -0.25) is 9.79 Å². The third-order valence-corrected chi connectivity index (χ3v) is 4.28. The van der Waals surface area contributed by atoms with Gasteiger partial charge in [-0.25, -0.2) is 0 Å². The van der Waals surface area contributed by atoms with Crippen molar-refractivity contribution in [2.75, 3.05) is 12.4 Å². The van der Waals surface area contributed by atoms with Gasteiger partial charge < -0.3 is 20.7 Å². The SMILES string of the molecule is CCCC(=O)Nc1ccc(CNC(=NC)NCc2cc(C)ccc2OC(F)F)cc1. The average Bonchev–Trinajstić information content (AvgIpc) is 2.71.